The maximum atomic E-state index is 10.5. The Kier molecular flexibility index (Phi) is 15.0. The molecule has 0 aliphatic carbocycles. The summed E-state index contributed by atoms with van der Waals surface area (Å²) in [6, 6.07) is 8.94. The molecule has 156 valence electrons. The average molecular weight is 400 g/mol. The van der Waals surface area contributed by atoms with Gasteiger partial charge in [0.25, 0.3) is 0 Å². The van der Waals surface area contributed by atoms with Gasteiger partial charge in [-0.05, 0) is 57.0 Å². The van der Waals surface area contributed by atoms with Crippen molar-refractivity contribution >= 4 is 18.4 Å². The third-order valence-corrected chi connectivity index (χ3v) is 5.06. The highest BCUT2D eigenvalue weighted by Gasteiger charge is 2.12. The lowest BCUT2D eigenvalue weighted by Crippen LogP contribution is -2.35. The second-order valence-electron chi connectivity index (χ2n) is 7.15. The zero-order valence-corrected chi connectivity index (χ0v) is 18.1. The van der Waals surface area contributed by atoms with Crippen molar-refractivity contribution in [2.75, 3.05) is 20.2 Å². The van der Waals surface area contributed by atoms with Gasteiger partial charge in [-0.2, -0.15) is 0 Å². The molecule has 0 aromatic heterocycles. The van der Waals surface area contributed by atoms with Crippen LogP contribution in [0.15, 0.2) is 24.3 Å². The van der Waals surface area contributed by atoms with Gasteiger partial charge in [0.05, 0.1) is 7.11 Å². The first-order chi connectivity index (χ1) is 12.6. The first-order valence-electron chi connectivity index (χ1n) is 10.2. The minimum atomic E-state index is -0.673. The molecule has 1 unspecified atom stereocenters. The summed E-state index contributed by atoms with van der Waals surface area (Å²) >= 11 is 0. The molecule has 0 amide bonds. The number of methoxy groups -OCH3 is 1. The lowest BCUT2D eigenvalue weighted by Gasteiger charge is -2.28. The van der Waals surface area contributed by atoms with Gasteiger partial charge in [-0.15, -0.1) is 12.4 Å². The minimum absolute atomic E-state index is 0. The molecular weight excluding hydrogens is 362 g/mol. The fourth-order valence-corrected chi connectivity index (χ4v) is 3.40. The largest absolute Gasteiger partial charge is 0.497 e. The number of carboxylic acid groups (broad SMARTS) is 1. The Balaban J connectivity index is 0.00000676. The van der Waals surface area contributed by atoms with E-state index in [-0.39, 0.29) is 12.4 Å². The van der Waals surface area contributed by atoms with E-state index in [1.807, 2.05) is 12.1 Å². The molecule has 1 aromatic rings. The van der Waals surface area contributed by atoms with Crippen molar-refractivity contribution in [1.29, 1.82) is 0 Å². The molecule has 5 heteroatoms. The van der Waals surface area contributed by atoms with Gasteiger partial charge in [-0.1, -0.05) is 51.2 Å². The van der Waals surface area contributed by atoms with Crippen LogP contribution in [0.3, 0.4) is 0 Å². The number of likely N-dealkylation sites (N-methyl/N-ethyl adjacent to an activating group) is 1. The van der Waals surface area contributed by atoms with Gasteiger partial charge in [0.15, 0.2) is 0 Å². The second-order valence-corrected chi connectivity index (χ2v) is 7.15. The lowest BCUT2D eigenvalue weighted by molar-refractivity contribution is -0.137. The van der Waals surface area contributed by atoms with E-state index < -0.39 is 5.97 Å². The molecule has 1 atom stereocenters. The summed E-state index contributed by atoms with van der Waals surface area (Å²) in [5.74, 6) is 0.241. The average Bonchev–Trinajstić information content (AvgIpc) is 2.63. The van der Waals surface area contributed by atoms with Gasteiger partial charge in [-0.3, -0.25) is 4.79 Å². The van der Waals surface area contributed by atoms with E-state index in [0.717, 1.165) is 38.1 Å². The maximum absolute atomic E-state index is 10.5. The summed E-state index contributed by atoms with van der Waals surface area (Å²) < 4.78 is 5.22. The Labute approximate surface area is 171 Å². The Hall–Kier alpha value is -1.26. The number of rotatable bonds is 15. The molecule has 0 aliphatic rings. The van der Waals surface area contributed by atoms with Crippen molar-refractivity contribution < 1.29 is 14.6 Å². The van der Waals surface area contributed by atoms with Crippen LogP contribution in [0.1, 0.15) is 70.8 Å². The highest BCUT2D eigenvalue weighted by Crippen LogP contribution is 2.15. The molecule has 1 aromatic carbocycles. The van der Waals surface area contributed by atoms with Crippen molar-refractivity contribution in [3.63, 3.8) is 0 Å². The van der Waals surface area contributed by atoms with Gasteiger partial charge in [0, 0.05) is 12.5 Å². The summed E-state index contributed by atoms with van der Waals surface area (Å²) in [6.07, 6.45) is 9.43. The van der Waals surface area contributed by atoms with Crippen LogP contribution < -0.4 is 4.74 Å². The first-order valence-corrected chi connectivity index (χ1v) is 10.2. The number of hydrogen-bond acceptors (Lipinski definition) is 3. The number of carboxylic acids is 1. The molecule has 0 saturated heterocycles. The van der Waals surface area contributed by atoms with Crippen molar-refractivity contribution in [2.45, 2.75) is 77.7 Å². The molecule has 0 radical (unpaired) electrons. The number of ether oxygens (including phenoxy) is 1. The zero-order chi connectivity index (χ0) is 19.2. The number of carbonyl (C=O) groups is 1. The number of nitrogens with zero attached hydrogens (tertiary/aromatic N) is 1. The van der Waals surface area contributed by atoms with E-state index in [1.165, 1.54) is 37.7 Å². The molecule has 27 heavy (non-hydrogen) atoms. The van der Waals surface area contributed by atoms with Crippen molar-refractivity contribution in [2.24, 2.45) is 0 Å². The second kappa shape index (κ2) is 15.8. The molecule has 1 N–H and O–H groups in total. The number of benzene rings is 1. The first kappa shape index (κ1) is 25.7. The van der Waals surface area contributed by atoms with Gasteiger partial charge >= 0.3 is 5.97 Å². The predicted molar refractivity (Wildman–Crippen MR) is 115 cm³/mol. The monoisotopic (exact) mass is 399 g/mol. The molecule has 0 saturated carbocycles. The van der Waals surface area contributed by atoms with Crippen LogP contribution in [0, 0.1) is 0 Å². The van der Waals surface area contributed by atoms with E-state index >= 15 is 0 Å². The highest BCUT2D eigenvalue weighted by molar-refractivity contribution is 5.85. The van der Waals surface area contributed by atoms with Crippen LogP contribution in [-0.2, 0) is 11.2 Å². The lowest BCUT2D eigenvalue weighted by atomic mass is 10.0. The van der Waals surface area contributed by atoms with Gasteiger partial charge in [0.1, 0.15) is 5.75 Å². The van der Waals surface area contributed by atoms with Crippen molar-refractivity contribution in [3.05, 3.63) is 29.8 Å². The van der Waals surface area contributed by atoms with E-state index in [2.05, 4.69) is 30.9 Å². The molecule has 0 heterocycles. The fraction of sp³-hybridized carbons (Fsp3) is 0.682. The number of hydrogen-bond donors (Lipinski definition) is 1. The fourth-order valence-electron chi connectivity index (χ4n) is 3.40. The van der Waals surface area contributed by atoms with Gasteiger partial charge in [-0.25, -0.2) is 0 Å². The topological polar surface area (TPSA) is 49.8 Å². The molecule has 1 rings (SSSR count). The summed E-state index contributed by atoms with van der Waals surface area (Å²) in [4.78, 5) is 13.0. The maximum Gasteiger partial charge on any atom is 0.303 e. The van der Waals surface area contributed by atoms with Gasteiger partial charge in [0.2, 0.25) is 0 Å². The highest BCUT2D eigenvalue weighted by atomic mass is 35.5. The molecule has 0 spiro atoms. The molecule has 0 fully saturated rings. The molecular formula is C22H38ClNO3. The molecule has 0 aliphatic heterocycles. The third-order valence-electron chi connectivity index (χ3n) is 5.06. The van der Waals surface area contributed by atoms with Crippen LogP contribution in [0.5, 0.6) is 5.75 Å². The number of unbranched alkanes of at least 4 members (excludes halogenated alkanes) is 6. The summed E-state index contributed by atoms with van der Waals surface area (Å²) in [5.41, 5.74) is 1.36. The van der Waals surface area contributed by atoms with E-state index in [4.69, 9.17) is 9.84 Å². The van der Waals surface area contributed by atoms with Crippen molar-refractivity contribution in [1.82, 2.24) is 4.90 Å². The van der Waals surface area contributed by atoms with E-state index in [0.29, 0.717) is 12.5 Å². The standard InChI is InChI=1S/C22H37NO3.ClH/c1-4-23(17-11-9-7-5-6-8-10-12-22(24)25)19(2)18-20-13-15-21(26-3)16-14-20;/h13-16,19H,4-12,17-18H2,1-3H3,(H,24,25);1H. The van der Waals surface area contributed by atoms with Crippen LogP contribution in [0.2, 0.25) is 0 Å². The van der Waals surface area contributed by atoms with Gasteiger partial charge < -0.3 is 14.7 Å². The Morgan fingerprint density at radius 2 is 1.59 bits per heavy atom. The zero-order valence-electron chi connectivity index (χ0n) is 17.3. The summed E-state index contributed by atoms with van der Waals surface area (Å²) in [5, 5.41) is 8.61. The van der Waals surface area contributed by atoms with Crippen LogP contribution in [0.4, 0.5) is 0 Å². The van der Waals surface area contributed by atoms with Crippen LogP contribution in [0.25, 0.3) is 0 Å². The number of aliphatic carboxylic acids is 1. The Morgan fingerprint density at radius 1 is 1.04 bits per heavy atom. The van der Waals surface area contributed by atoms with E-state index in [9.17, 15) is 4.79 Å². The Bertz CT molecular complexity index is 493. The van der Waals surface area contributed by atoms with E-state index in [1.54, 1.807) is 7.11 Å². The minimum Gasteiger partial charge on any atom is -0.497 e. The van der Waals surface area contributed by atoms with Crippen LogP contribution in [-0.4, -0.2) is 42.2 Å². The SMILES string of the molecule is CCN(CCCCCCCCCC(=O)O)C(C)Cc1ccc(OC)cc1.Cl. The van der Waals surface area contributed by atoms with Crippen molar-refractivity contribution in [3.8, 4) is 5.75 Å². The summed E-state index contributed by atoms with van der Waals surface area (Å²) in [7, 11) is 1.70. The number of halogens is 1. The normalized spacial score (nSPS) is 11.9. The third kappa shape index (κ3) is 11.9. The Morgan fingerprint density at radius 3 is 2.11 bits per heavy atom. The molecule has 0 bridgehead atoms. The summed E-state index contributed by atoms with van der Waals surface area (Å²) in [6.45, 7) is 6.81. The quantitative estimate of drug-likeness (QED) is 0.391. The smallest absolute Gasteiger partial charge is 0.303 e. The van der Waals surface area contributed by atoms with Crippen LogP contribution >= 0.6 is 12.4 Å². The molecule has 4 nitrogen and oxygen atoms in total. The predicted octanol–water partition coefficient (Wildman–Crippen LogP) is 5.58.